The number of primary sulfonamides is 1. The lowest BCUT2D eigenvalue weighted by Crippen LogP contribution is -2.30. The lowest BCUT2D eigenvalue weighted by Gasteiger charge is -2.30. The molecule has 0 bridgehead atoms. The largest absolute Gasteiger partial charge is 0.368 e. The van der Waals surface area contributed by atoms with Crippen molar-refractivity contribution < 1.29 is 12.8 Å². The smallest absolute Gasteiger partial charge is 0.238 e. The molecule has 100 valence electrons. The maximum atomic E-state index is 14.0. The summed E-state index contributed by atoms with van der Waals surface area (Å²) in [6.07, 6.45) is 3.18. The van der Waals surface area contributed by atoms with Gasteiger partial charge in [-0.25, -0.2) is 17.9 Å². The average Bonchev–Trinajstić information content (AvgIpc) is 2.28. The second-order valence-electron chi connectivity index (χ2n) is 4.33. The number of rotatable bonds is 2. The highest BCUT2D eigenvalue weighted by Gasteiger charge is 2.21. The van der Waals surface area contributed by atoms with Gasteiger partial charge in [0, 0.05) is 17.6 Å². The summed E-state index contributed by atoms with van der Waals surface area (Å²) >= 11 is 3.22. The minimum Gasteiger partial charge on any atom is -0.368 e. The minimum atomic E-state index is -3.88. The van der Waals surface area contributed by atoms with Gasteiger partial charge in [-0.15, -0.1) is 0 Å². The Labute approximate surface area is 114 Å². The van der Waals surface area contributed by atoms with Gasteiger partial charge in [-0.1, -0.05) is 0 Å². The molecule has 0 amide bonds. The zero-order valence-electron chi connectivity index (χ0n) is 9.70. The molecule has 0 unspecified atom stereocenters. The Morgan fingerprint density at radius 3 is 2.33 bits per heavy atom. The Bertz CT molecular complexity index is 533. The molecular formula is C11H14BrFN2O2S. The molecule has 0 saturated carbocycles. The van der Waals surface area contributed by atoms with Gasteiger partial charge >= 0.3 is 0 Å². The first-order valence-corrected chi connectivity index (χ1v) is 8.00. The van der Waals surface area contributed by atoms with Crippen LogP contribution in [0.3, 0.4) is 0 Å². The summed E-state index contributed by atoms with van der Waals surface area (Å²) < 4.78 is 36.9. The van der Waals surface area contributed by atoms with Gasteiger partial charge in [-0.05, 0) is 47.3 Å². The SMILES string of the molecule is NS(=O)(=O)c1cc(F)c(N2CCCCC2)c(Br)c1. The van der Waals surface area contributed by atoms with Crippen LogP contribution in [-0.2, 0) is 10.0 Å². The van der Waals surface area contributed by atoms with E-state index in [2.05, 4.69) is 15.9 Å². The fourth-order valence-electron chi connectivity index (χ4n) is 2.13. The maximum absolute atomic E-state index is 14.0. The van der Waals surface area contributed by atoms with Crippen LogP contribution >= 0.6 is 15.9 Å². The van der Waals surface area contributed by atoms with Crippen molar-refractivity contribution in [1.29, 1.82) is 0 Å². The van der Waals surface area contributed by atoms with Crippen molar-refractivity contribution in [3.63, 3.8) is 0 Å². The molecule has 2 N–H and O–H groups in total. The summed E-state index contributed by atoms with van der Waals surface area (Å²) in [4.78, 5) is 1.71. The van der Waals surface area contributed by atoms with E-state index in [1.165, 1.54) is 6.07 Å². The summed E-state index contributed by atoms with van der Waals surface area (Å²) in [7, 11) is -3.88. The summed E-state index contributed by atoms with van der Waals surface area (Å²) in [6.45, 7) is 1.56. The fourth-order valence-corrected chi connectivity index (χ4v) is 3.51. The first kappa shape index (κ1) is 13.8. The van der Waals surface area contributed by atoms with E-state index in [0.717, 1.165) is 38.4 Å². The zero-order chi connectivity index (χ0) is 13.3. The van der Waals surface area contributed by atoms with E-state index in [1.807, 2.05) is 4.90 Å². The molecule has 1 saturated heterocycles. The first-order valence-electron chi connectivity index (χ1n) is 5.66. The average molecular weight is 337 g/mol. The topological polar surface area (TPSA) is 63.4 Å². The molecule has 1 aliphatic heterocycles. The van der Waals surface area contributed by atoms with Crippen molar-refractivity contribution >= 4 is 31.6 Å². The molecule has 0 spiro atoms. The van der Waals surface area contributed by atoms with Crippen LogP contribution < -0.4 is 10.0 Å². The van der Waals surface area contributed by atoms with Crippen LogP contribution in [0.4, 0.5) is 10.1 Å². The predicted molar refractivity (Wildman–Crippen MR) is 71.5 cm³/mol. The molecule has 1 aliphatic rings. The zero-order valence-corrected chi connectivity index (χ0v) is 12.1. The number of anilines is 1. The molecule has 0 aliphatic carbocycles. The molecule has 4 nitrogen and oxygen atoms in total. The van der Waals surface area contributed by atoms with Crippen LogP contribution in [0.2, 0.25) is 0 Å². The van der Waals surface area contributed by atoms with Gasteiger partial charge in [0.05, 0.1) is 10.6 Å². The highest BCUT2D eigenvalue weighted by atomic mass is 79.9. The number of sulfonamides is 1. The van der Waals surface area contributed by atoms with Gasteiger partial charge in [-0.3, -0.25) is 0 Å². The molecule has 0 atom stereocenters. The Balaban J connectivity index is 2.43. The van der Waals surface area contributed by atoms with Crippen LogP contribution in [0.5, 0.6) is 0 Å². The van der Waals surface area contributed by atoms with Gasteiger partial charge in [0.15, 0.2) is 0 Å². The van der Waals surface area contributed by atoms with E-state index in [9.17, 15) is 12.8 Å². The van der Waals surface area contributed by atoms with E-state index in [1.54, 1.807) is 0 Å². The van der Waals surface area contributed by atoms with Crippen molar-refractivity contribution in [3.05, 3.63) is 22.4 Å². The van der Waals surface area contributed by atoms with Crippen molar-refractivity contribution in [2.24, 2.45) is 5.14 Å². The molecule has 18 heavy (non-hydrogen) atoms. The van der Waals surface area contributed by atoms with Crippen LogP contribution in [0.1, 0.15) is 19.3 Å². The second kappa shape index (κ2) is 5.14. The van der Waals surface area contributed by atoms with E-state index < -0.39 is 15.8 Å². The third-order valence-corrected chi connectivity index (χ3v) is 4.49. The molecule has 0 aromatic heterocycles. The summed E-state index contributed by atoms with van der Waals surface area (Å²) in [5.74, 6) is -0.560. The van der Waals surface area contributed by atoms with E-state index in [4.69, 9.17) is 5.14 Å². The van der Waals surface area contributed by atoms with Gasteiger partial charge in [0.1, 0.15) is 5.82 Å². The van der Waals surface area contributed by atoms with Crippen molar-refractivity contribution in [2.45, 2.75) is 24.2 Å². The Hall–Kier alpha value is -0.660. The predicted octanol–water partition coefficient (Wildman–Crippen LogP) is 2.23. The number of hydrogen-bond acceptors (Lipinski definition) is 3. The standard InChI is InChI=1S/C11H14BrFN2O2S/c12-9-6-8(18(14,16)17)7-10(13)11(9)15-4-2-1-3-5-15/h6-7H,1-5H2,(H2,14,16,17). The van der Waals surface area contributed by atoms with E-state index in [0.29, 0.717) is 10.2 Å². The van der Waals surface area contributed by atoms with E-state index >= 15 is 0 Å². The summed E-state index contributed by atoms with van der Waals surface area (Å²) in [5.41, 5.74) is 0.419. The highest BCUT2D eigenvalue weighted by molar-refractivity contribution is 9.10. The maximum Gasteiger partial charge on any atom is 0.238 e. The van der Waals surface area contributed by atoms with Crippen LogP contribution in [0.25, 0.3) is 0 Å². The van der Waals surface area contributed by atoms with Gasteiger partial charge < -0.3 is 4.90 Å². The molecular weight excluding hydrogens is 323 g/mol. The number of halogens is 2. The molecule has 7 heteroatoms. The third kappa shape index (κ3) is 2.84. The van der Waals surface area contributed by atoms with Crippen molar-refractivity contribution in [1.82, 2.24) is 0 Å². The lowest BCUT2D eigenvalue weighted by molar-refractivity contribution is 0.553. The first-order chi connectivity index (χ1) is 8.39. The minimum absolute atomic E-state index is 0.215. The molecule has 0 radical (unpaired) electrons. The highest BCUT2D eigenvalue weighted by Crippen LogP contribution is 2.33. The molecule has 1 fully saturated rings. The van der Waals surface area contributed by atoms with Crippen LogP contribution in [0.15, 0.2) is 21.5 Å². The fraction of sp³-hybridized carbons (Fsp3) is 0.455. The van der Waals surface area contributed by atoms with Crippen molar-refractivity contribution in [2.75, 3.05) is 18.0 Å². The molecule has 1 aromatic carbocycles. The monoisotopic (exact) mass is 336 g/mol. The van der Waals surface area contributed by atoms with Crippen LogP contribution in [-0.4, -0.2) is 21.5 Å². The quantitative estimate of drug-likeness (QED) is 0.900. The van der Waals surface area contributed by atoms with Crippen LogP contribution in [0, 0.1) is 5.82 Å². The lowest BCUT2D eigenvalue weighted by atomic mass is 10.1. The Morgan fingerprint density at radius 2 is 1.83 bits per heavy atom. The summed E-state index contributed by atoms with van der Waals surface area (Å²) in [5, 5.41) is 4.99. The Kier molecular flexibility index (Phi) is 3.93. The molecule has 1 aromatic rings. The second-order valence-corrected chi connectivity index (χ2v) is 6.74. The number of hydrogen-bond donors (Lipinski definition) is 1. The van der Waals surface area contributed by atoms with Gasteiger partial charge in [0.25, 0.3) is 0 Å². The number of nitrogens with zero attached hydrogens (tertiary/aromatic N) is 1. The van der Waals surface area contributed by atoms with Crippen molar-refractivity contribution in [3.8, 4) is 0 Å². The summed E-state index contributed by atoms with van der Waals surface area (Å²) in [6, 6.07) is 2.33. The molecule has 2 rings (SSSR count). The number of benzene rings is 1. The third-order valence-electron chi connectivity index (χ3n) is 2.99. The molecule has 1 heterocycles. The Morgan fingerprint density at radius 1 is 1.22 bits per heavy atom. The van der Waals surface area contributed by atoms with Gasteiger partial charge in [-0.2, -0.15) is 0 Å². The van der Waals surface area contributed by atoms with E-state index in [-0.39, 0.29) is 4.90 Å². The van der Waals surface area contributed by atoms with Gasteiger partial charge in [0.2, 0.25) is 10.0 Å². The number of piperidine rings is 1. The normalized spacial score (nSPS) is 16.9. The number of nitrogens with two attached hydrogens (primary N) is 1.